The Balaban J connectivity index is 0.825. The van der Waals surface area contributed by atoms with Gasteiger partial charge in [-0.05, 0) is 55.0 Å². The Morgan fingerprint density at radius 3 is 2.53 bits per heavy atom. The van der Waals surface area contributed by atoms with Crippen molar-refractivity contribution in [3.05, 3.63) is 89.6 Å². The smallest absolute Gasteiger partial charge is 0.329 e. The average Bonchev–Trinajstić information content (AvgIpc) is 3.75. The molecule has 260 valence electrons. The lowest BCUT2D eigenvalue weighted by Crippen LogP contribution is -2.50. The summed E-state index contributed by atoms with van der Waals surface area (Å²) in [7, 11) is 0. The monoisotopic (exact) mass is 688 g/mol. The zero-order chi connectivity index (χ0) is 35.1. The molecular formula is C35H36N12O4. The number of piperazine rings is 1. The molecular weight excluding hydrogens is 652 g/mol. The minimum atomic E-state index is -0.470. The Morgan fingerprint density at radius 1 is 0.941 bits per heavy atom. The largest absolute Gasteiger partial charge is 0.369 e. The molecule has 8 rings (SSSR count). The van der Waals surface area contributed by atoms with Crippen LogP contribution in [0.5, 0.6) is 0 Å². The number of nitrogens with one attached hydrogen (secondary N) is 3. The van der Waals surface area contributed by atoms with Crippen molar-refractivity contribution < 1.29 is 19.2 Å². The van der Waals surface area contributed by atoms with Gasteiger partial charge in [-0.1, -0.05) is 12.1 Å². The molecule has 5 amide bonds. The number of rotatable bonds is 8. The molecule has 2 fully saturated rings. The number of hydrogen-bond acceptors (Lipinski definition) is 10. The van der Waals surface area contributed by atoms with Crippen LogP contribution in [0.15, 0.2) is 67.0 Å². The number of carbonyl (C=O) groups excluding carboxylic acids is 4. The van der Waals surface area contributed by atoms with Crippen LogP contribution in [0.1, 0.15) is 51.6 Å². The van der Waals surface area contributed by atoms with E-state index in [9.17, 15) is 19.2 Å². The van der Waals surface area contributed by atoms with Crippen LogP contribution in [0, 0.1) is 0 Å². The first-order valence-electron chi connectivity index (χ1n) is 16.9. The van der Waals surface area contributed by atoms with Crippen LogP contribution in [-0.4, -0.2) is 97.5 Å². The summed E-state index contributed by atoms with van der Waals surface area (Å²) in [6, 6.07) is 16.9. The van der Waals surface area contributed by atoms with E-state index in [0.29, 0.717) is 49.0 Å². The molecule has 3 N–H and O–H groups in total. The van der Waals surface area contributed by atoms with Crippen LogP contribution >= 0.6 is 0 Å². The van der Waals surface area contributed by atoms with Crippen molar-refractivity contribution in [2.24, 2.45) is 0 Å². The summed E-state index contributed by atoms with van der Waals surface area (Å²) in [6.45, 7) is 7.51. The molecule has 7 heterocycles. The normalized spacial score (nSPS) is 18.1. The van der Waals surface area contributed by atoms with Gasteiger partial charge in [-0.15, -0.1) is 5.10 Å². The van der Waals surface area contributed by atoms with Gasteiger partial charge in [-0.2, -0.15) is 10.2 Å². The van der Waals surface area contributed by atoms with Gasteiger partial charge in [0.05, 0.1) is 30.2 Å². The van der Waals surface area contributed by atoms with Gasteiger partial charge in [0.25, 0.3) is 11.8 Å². The van der Waals surface area contributed by atoms with Crippen molar-refractivity contribution in [1.82, 2.24) is 45.1 Å². The number of benzene rings is 1. The molecule has 0 radical (unpaired) electrons. The van der Waals surface area contributed by atoms with Crippen LogP contribution in [-0.2, 0) is 17.9 Å². The maximum atomic E-state index is 13.1. The number of amides is 5. The number of imide groups is 1. The summed E-state index contributed by atoms with van der Waals surface area (Å²) in [6.07, 6.45) is 3.65. The van der Waals surface area contributed by atoms with Gasteiger partial charge < -0.3 is 20.1 Å². The number of anilines is 3. The van der Waals surface area contributed by atoms with Crippen molar-refractivity contribution in [3.8, 4) is 0 Å². The van der Waals surface area contributed by atoms with E-state index in [1.807, 2.05) is 23.6 Å². The number of urea groups is 1. The van der Waals surface area contributed by atoms with Gasteiger partial charge in [0.1, 0.15) is 17.0 Å². The topological polar surface area (TPSA) is 176 Å². The Kier molecular flexibility index (Phi) is 8.35. The second-order valence-electron chi connectivity index (χ2n) is 13.0. The molecule has 16 heteroatoms. The molecule has 5 aromatic rings. The highest BCUT2D eigenvalue weighted by Gasteiger charge is 2.27. The van der Waals surface area contributed by atoms with Crippen LogP contribution in [0.2, 0.25) is 0 Å². The fraction of sp³-hybridized carbons (Fsp3) is 0.314. The summed E-state index contributed by atoms with van der Waals surface area (Å²) >= 11 is 0. The van der Waals surface area contributed by atoms with Crippen LogP contribution in [0.4, 0.5) is 22.0 Å². The lowest BCUT2D eigenvalue weighted by atomic mass is 10.1. The molecule has 0 bridgehead atoms. The fourth-order valence-electron chi connectivity index (χ4n) is 6.73. The lowest BCUT2D eigenvalue weighted by Gasteiger charge is -2.36. The lowest BCUT2D eigenvalue weighted by molar-refractivity contribution is -0.120. The first-order chi connectivity index (χ1) is 24.8. The molecule has 51 heavy (non-hydrogen) atoms. The highest BCUT2D eigenvalue weighted by Crippen LogP contribution is 2.26. The molecule has 0 unspecified atom stereocenters. The van der Waals surface area contributed by atoms with Gasteiger partial charge in [-0.3, -0.25) is 34.2 Å². The molecule has 0 spiro atoms. The number of aromatic nitrogens is 6. The summed E-state index contributed by atoms with van der Waals surface area (Å²) in [5.74, 6) is -0.336. The van der Waals surface area contributed by atoms with Crippen LogP contribution in [0.3, 0.4) is 0 Å². The third-order valence-electron chi connectivity index (χ3n) is 9.48. The van der Waals surface area contributed by atoms with Crippen molar-refractivity contribution in [2.75, 3.05) is 54.4 Å². The van der Waals surface area contributed by atoms with E-state index in [1.165, 1.54) is 4.90 Å². The summed E-state index contributed by atoms with van der Waals surface area (Å²) in [5.41, 5.74) is 5.05. The Hall–Kier alpha value is -6.16. The van der Waals surface area contributed by atoms with Crippen molar-refractivity contribution in [1.29, 1.82) is 0 Å². The number of pyridine rings is 1. The second-order valence-corrected chi connectivity index (χ2v) is 13.0. The third kappa shape index (κ3) is 6.60. The standard InChI is InChI=1S/C35H36N12O4/c1-22-17-36-34(50)29-16-24-4-8-28(39-32(24)47(22)29)33(49)38-26-18-37-45(21-26)19-23-2-6-27(7-3-23)44-14-12-43(13-15-44)20-25-5-9-30(42-41-25)46-11-10-31(48)40-35(46)51/h2-9,16,18,21-22H,10-15,17,19-20H2,1H3,(H,36,50)(H,38,49)(H,40,48,51)/t22-/m1/s1. The summed E-state index contributed by atoms with van der Waals surface area (Å²) in [5, 5.41) is 21.9. The minimum Gasteiger partial charge on any atom is -0.369 e. The minimum absolute atomic E-state index is 0.0322. The van der Waals surface area contributed by atoms with E-state index in [1.54, 1.807) is 35.3 Å². The average molecular weight is 689 g/mol. The fourth-order valence-corrected chi connectivity index (χ4v) is 6.73. The number of carbonyl (C=O) groups is 4. The van der Waals surface area contributed by atoms with Gasteiger partial charge in [0, 0.05) is 69.5 Å². The molecule has 3 aliphatic heterocycles. The molecule has 16 nitrogen and oxygen atoms in total. The molecule has 1 atom stereocenters. The van der Waals surface area contributed by atoms with Gasteiger partial charge >= 0.3 is 6.03 Å². The maximum Gasteiger partial charge on any atom is 0.329 e. The molecule has 3 aliphatic rings. The highest BCUT2D eigenvalue weighted by atomic mass is 16.2. The van der Waals surface area contributed by atoms with E-state index in [2.05, 4.69) is 70.3 Å². The quantitative estimate of drug-likeness (QED) is 0.220. The van der Waals surface area contributed by atoms with E-state index in [-0.39, 0.29) is 35.9 Å². The molecule has 4 aromatic heterocycles. The summed E-state index contributed by atoms with van der Waals surface area (Å²) in [4.78, 5) is 59.7. The maximum absolute atomic E-state index is 13.1. The van der Waals surface area contributed by atoms with E-state index < -0.39 is 6.03 Å². The van der Waals surface area contributed by atoms with Crippen molar-refractivity contribution >= 4 is 52.0 Å². The SMILES string of the molecule is C[C@@H]1CNC(=O)c2cc3ccc(C(=O)Nc4cnn(Cc5ccc(N6CCN(Cc7ccc(N8CCC(=O)NC8=O)nn7)CC6)cc5)c4)nc3n21. The van der Waals surface area contributed by atoms with Crippen molar-refractivity contribution in [2.45, 2.75) is 32.5 Å². The molecule has 0 aliphatic carbocycles. The van der Waals surface area contributed by atoms with E-state index >= 15 is 0 Å². The molecule has 1 aromatic carbocycles. The van der Waals surface area contributed by atoms with Gasteiger partial charge in [0.15, 0.2) is 5.82 Å². The van der Waals surface area contributed by atoms with Crippen molar-refractivity contribution in [3.63, 3.8) is 0 Å². The highest BCUT2D eigenvalue weighted by molar-refractivity contribution is 6.05. The first kappa shape index (κ1) is 32.1. The van der Waals surface area contributed by atoms with E-state index in [0.717, 1.165) is 48.5 Å². The number of nitrogens with zero attached hydrogens (tertiary/aromatic N) is 9. The molecule has 2 saturated heterocycles. The first-order valence-corrected chi connectivity index (χ1v) is 16.9. The van der Waals surface area contributed by atoms with E-state index in [4.69, 9.17) is 0 Å². The number of fused-ring (bicyclic) bond motifs is 3. The van der Waals surface area contributed by atoms with Gasteiger partial charge in [0.2, 0.25) is 5.91 Å². The third-order valence-corrected chi connectivity index (χ3v) is 9.48. The Bertz CT molecular complexity index is 2130. The molecule has 0 saturated carbocycles. The zero-order valence-electron chi connectivity index (χ0n) is 28.0. The Morgan fingerprint density at radius 2 is 1.76 bits per heavy atom. The predicted octanol–water partition coefficient (Wildman–Crippen LogP) is 2.40. The van der Waals surface area contributed by atoms with Crippen LogP contribution < -0.4 is 25.8 Å². The van der Waals surface area contributed by atoms with Crippen LogP contribution in [0.25, 0.3) is 11.0 Å². The second kappa shape index (κ2) is 13.3. The summed E-state index contributed by atoms with van der Waals surface area (Å²) < 4.78 is 3.67. The van der Waals surface area contributed by atoms with Gasteiger partial charge in [-0.25, -0.2) is 9.78 Å². The Labute approximate surface area is 292 Å². The predicted molar refractivity (Wildman–Crippen MR) is 188 cm³/mol. The zero-order valence-corrected chi connectivity index (χ0v) is 28.0. The number of hydrogen-bond donors (Lipinski definition) is 3.